The van der Waals surface area contributed by atoms with Gasteiger partial charge in [0.25, 0.3) is 0 Å². The molecule has 0 radical (unpaired) electrons. The first kappa shape index (κ1) is 13.8. The average molecular weight is 261 g/mol. The molecule has 0 atom stereocenters. The second-order valence-electron chi connectivity index (χ2n) is 6.17. The first-order valence-corrected chi connectivity index (χ1v) is 6.94. The topological polar surface area (TPSA) is 45.2 Å². The highest BCUT2D eigenvalue weighted by Gasteiger charge is 2.26. The number of carbonyl (C=O) groups excluding carboxylic acids is 1. The first-order chi connectivity index (χ1) is 8.97. The van der Waals surface area contributed by atoms with E-state index < -0.39 is 0 Å². The number of amides is 1. The fourth-order valence-electron chi connectivity index (χ4n) is 2.20. The third-order valence-electron chi connectivity index (χ3n) is 3.48. The lowest BCUT2D eigenvalue weighted by atomic mass is 9.94. The summed E-state index contributed by atoms with van der Waals surface area (Å²) in [5.74, 6) is 1.17. The molecule has 1 N–H and O–H groups in total. The van der Waals surface area contributed by atoms with Crippen LogP contribution in [0.1, 0.15) is 33.6 Å². The zero-order valence-corrected chi connectivity index (χ0v) is 12.0. The molecule has 0 bridgehead atoms. The van der Waals surface area contributed by atoms with Gasteiger partial charge in [-0.05, 0) is 25.0 Å². The monoisotopic (exact) mass is 261 g/mol. The molecule has 1 amide bonds. The van der Waals surface area contributed by atoms with E-state index in [2.05, 4.69) is 15.2 Å². The van der Waals surface area contributed by atoms with Crippen LogP contribution < -0.4 is 10.2 Å². The molecule has 1 aliphatic rings. The summed E-state index contributed by atoms with van der Waals surface area (Å²) in [6.45, 7) is 7.75. The minimum atomic E-state index is -0.307. The standard InChI is InChI=1S/C15H23N3O/c1-15(2,3)14(19)17-12-7-10-18(11-8-12)13-6-4-5-9-16-13/h4-6,9,12H,7-8,10-11H2,1-3H3,(H,17,19). The Morgan fingerprint density at radius 2 is 2.00 bits per heavy atom. The van der Waals surface area contributed by atoms with Gasteiger partial charge in [0.15, 0.2) is 0 Å². The van der Waals surface area contributed by atoms with Crippen molar-refractivity contribution in [1.29, 1.82) is 0 Å². The molecular weight excluding hydrogens is 238 g/mol. The first-order valence-electron chi connectivity index (χ1n) is 6.94. The summed E-state index contributed by atoms with van der Waals surface area (Å²) in [5.41, 5.74) is -0.307. The molecule has 1 fully saturated rings. The number of carbonyl (C=O) groups is 1. The number of nitrogens with one attached hydrogen (secondary N) is 1. The van der Waals surface area contributed by atoms with Gasteiger partial charge < -0.3 is 10.2 Å². The molecule has 2 heterocycles. The van der Waals surface area contributed by atoms with Crippen LogP contribution in [0.4, 0.5) is 5.82 Å². The molecule has 0 aliphatic carbocycles. The highest BCUT2D eigenvalue weighted by Crippen LogP contribution is 2.19. The molecule has 0 aromatic carbocycles. The van der Waals surface area contributed by atoms with E-state index in [4.69, 9.17) is 0 Å². The zero-order valence-electron chi connectivity index (χ0n) is 12.0. The summed E-state index contributed by atoms with van der Waals surface area (Å²) in [6.07, 6.45) is 3.79. The van der Waals surface area contributed by atoms with Crippen LogP contribution in [0.3, 0.4) is 0 Å². The summed E-state index contributed by atoms with van der Waals surface area (Å²) in [6, 6.07) is 6.27. The largest absolute Gasteiger partial charge is 0.356 e. The van der Waals surface area contributed by atoms with Crippen LogP contribution >= 0.6 is 0 Å². The maximum atomic E-state index is 11.9. The van der Waals surface area contributed by atoms with Crippen molar-refractivity contribution in [3.05, 3.63) is 24.4 Å². The molecule has 1 aliphatic heterocycles. The van der Waals surface area contributed by atoms with Crippen molar-refractivity contribution in [3.63, 3.8) is 0 Å². The summed E-state index contributed by atoms with van der Waals surface area (Å²) < 4.78 is 0. The lowest BCUT2D eigenvalue weighted by Crippen LogP contribution is -2.47. The number of nitrogens with zero attached hydrogens (tertiary/aromatic N) is 2. The zero-order chi connectivity index (χ0) is 13.9. The van der Waals surface area contributed by atoms with E-state index in [1.807, 2.05) is 45.2 Å². The quantitative estimate of drug-likeness (QED) is 0.888. The molecule has 1 aromatic heterocycles. The molecule has 0 saturated carbocycles. The number of hydrogen-bond donors (Lipinski definition) is 1. The van der Waals surface area contributed by atoms with Crippen LogP contribution in [0.2, 0.25) is 0 Å². The fourth-order valence-corrected chi connectivity index (χ4v) is 2.20. The fraction of sp³-hybridized carbons (Fsp3) is 0.600. The SMILES string of the molecule is CC(C)(C)C(=O)NC1CCN(c2ccccn2)CC1. The summed E-state index contributed by atoms with van der Waals surface area (Å²) in [5, 5.41) is 3.14. The molecule has 1 aromatic rings. The Labute approximate surface area is 115 Å². The lowest BCUT2D eigenvalue weighted by molar-refractivity contribution is -0.129. The van der Waals surface area contributed by atoms with Gasteiger partial charge in [-0.15, -0.1) is 0 Å². The van der Waals surface area contributed by atoms with E-state index in [-0.39, 0.29) is 11.3 Å². The second-order valence-corrected chi connectivity index (χ2v) is 6.17. The Bertz CT molecular complexity index is 417. The van der Waals surface area contributed by atoms with Gasteiger partial charge >= 0.3 is 0 Å². The molecular formula is C15H23N3O. The Kier molecular flexibility index (Phi) is 4.08. The van der Waals surface area contributed by atoms with Gasteiger partial charge in [0.1, 0.15) is 5.82 Å². The van der Waals surface area contributed by atoms with Crippen LogP contribution in [-0.2, 0) is 4.79 Å². The van der Waals surface area contributed by atoms with Crippen molar-refractivity contribution in [2.75, 3.05) is 18.0 Å². The lowest BCUT2D eigenvalue weighted by Gasteiger charge is -2.34. The van der Waals surface area contributed by atoms with Crippen molar-refractivity contribution >= 4 is 11.7 Å². The average Bonchev–Trinajstić information content (AvgIpc) is 2.39. The molecule has 0 spiro atoms. The van der Waals surface area contributed by atoms with Crippen molar-refractivity contribution in [1.82, 2.24) is 10.3 Å². The van der Waals surface area contributed by atoms with Gasteiger partial charge in [-0.2, -0.15) is 0 Å². The number of hydrogen-bond acceptors (Lipinski definition) is 3. The number of aromatic nitrogens is 1. The third kappa shape index (κ3) is 3.69. The molecule has 104 valence electrons. The van der Waals surface area contributed by atoms with E-state index in [1.165, 1.54) is 0 Å². The smallest absolute Gasteiger partial charge is 0.225 e. The number of anilines is 1. The predicted molar refractivity (Wildman–Crippen MR) is 77.1 cm³/mol. The molecule has 4 nitrogen and oxygen atoms in total. The number of rotatable bonds is 2. The summed E-state index contributed by atoms with van der Waals surface area (Å²) >= 11 is 0. The van der Waals surface area contributed by atoms with Crippen LogP contribution in [0.15, 0.2) is 24.4 Å². The highest BCUT2D eigenvalue weighted by atomic mass is 16.2. The van der Waals surface area contributed by atoms with Gasteiger partial charge in [-0.25, -0.2) is 4.98 Å². The Hall–Kier alpha value is -1.58. The molecule has 19 heavy (non-hydrogen) atoms. The summed E-state index contributed by atoms with van der Waals surface area (Å²) in [4.78, 5) is 18.6. The van der Waals surface area contributed by atoms with E-state index >= 15 is 0 Å². The molecule has 4 heteroatoms. The third-order valence-corrected chi connectivity index (χ3v) is 3.48. The van der Waals surface area contributed by atoms with Crippen molar-refractivity contribution in [2.45, 2.75) is 39.7 Å². The van der Waals surface area contributed by atoms with Gasteiger partial charge in [0.05, 0.1) is 0 Å². The maximum absolute atomic E-state index is 11.9. The van der Waals surface area contributed by atoms with Gasteiger partial charge in [0, 0.05) is 30.7 Å². The Balaban J connectivity index is 1.85. The normalized spacial score (nSPS) is 17.3. The van der Waals surface area contributed by atoms with E-state index in [0.29, 0.717) is 6.04 Å². The molecule has 0 unspecified atom stereocenters. The van der Waals surface area contributed by atoms with Crippen molar-refractivity contribution < 1.29 is 4.79 Å². The van der Waals surface area contributed by atoms with Gasteiger partial charge in [0.2, 0.25) is 5.91 Å². The van der Waals surface area contributed by atoms with Crippen LogP contribution in [0.5, 0.6) is 0 Å². The predicted octanol–water partition coefficient (Wildman–Crippen LogP) is 2.21. The van der Waals surface area contributed by atoms with Gasteiger partial charge in [-0.3, -0.25) is 4.79 Å². The minimum absolute atomic E-state index is 0.142. The highest BCUT2D eigenvalue weighted by molar-refractivity contribution is 5.81. The van der Waals surface area contributed by atoms with Crippen LogP contribution in [0, 0.1) is 5.41 Å². The van der Waals surface area contributed by atoms with Crippen molar-refractivity contribution in [2.24, 2.45) is 5.41 Å². The van der Waals surface area contributed by atoms with E-state index in [9.17, 15) is 4.79 Å². The van der Waals surface area contributed by atoms with E-state index in [0.717, 1.165) is 31.7 Å². The Morgan fingerprint density at radius 1 is 1.32 bits per heavy atom. The van der Waals surface area contributed by atoms with E-state index in [1.54, 1.807) is 0 Å². The maximum Gasteiger partial charge on any atom is 0.225 e. The number of pyridine rings is 1. The second kappa shape index (κ2) is 5.59. The Morgan fingerprint density at radius 3 is 2.53 bits per heavy atom. The van der Waals surface area contributed by atoms with Crippen molar-refractivity contribution in [3.8, 4) is 0 Å². The summed E-state index contributed by atoms with van der Waals surface area (Å²) in [7, 11) is 0. The molecule has 2 rings (SSSR count). The van der Waals surface area contributed by atoms with Gasteiger partial charge in [-0.1, -0.05) is 26.8 Å². The van der Waals surface area contributed by atoms with Crippen LogP contribution in [0.25, 0.3) is 0 Å². The molecule has 1 saturated heterocycles. The number of piperidine rings is 1. The van der Waals surface area contributed by atoms with Crippen LogP contribution in [-0.4, -0.2) is 30.0 Å². The minimum Gasteiger partial charge on any atom is -0.356 e.